The van der Waals surface area contributed by atoms with Gasteiger partial charge in [-0.15, -0.1) is 11.3 Å². The molecule has 3 aromatic rings. The number of hydrogen-bond donors (Lipinski definition) is 0. The van der Waals surface area contributed by atoms with Crippen LogP contribution in [0.4, 0.5) is 0 Å². The molecule has 1 aromatic carbocycles. The molecule has 0 fully saturated rings. The molecule has 0 aliphatic rings. The lowest BCUT2D eigenvalue weighted by atomic mass is 10.1. The Bertz CT molecular complexity index is 777. The fraction of sp³-hybridized carbons (Fsp3) is 0.200. The molecule has 0 atom stereocenters. The maximum absolute atomic E-state index is 6.34. The molecule has 0 bridgehead atoms. The van der Waals surface area contributed by atoms with Crippen molar-refractivity contribution in [3.63, 3.8) is 0 Å². The molecule has 4 heteroatoms. The van der Waals surface area contributed by atoms with Crippen molar-refractivity contribution < 1.29 is 0 Å². The number of fused-ring (bicyclic) bond motifs is 1. The first-order valence-electron chi connectivity index (χ1n) is 6.07. The number of benzene rings is 1. The monoisotopic (exact) mass is 288 g/mol. The van der Waals surface area contributed by atoms with Crippen molar-refractivity contribution in [3.05, 3.63) is 45.4 Å². The molecule has 0 saturated carbocycles. The summed E-state index contributed by atoms with van der Waals surface area (Å²) in [4.78, 5) is 11.3. The lowest BCUT2D eigenvalue weighted by Gasteiger charge is -2.05. The number of aryl methyl sites for hydroxylation is 3. The van der Waals surface area contributed by atoms with Crippen LogP contribution in [-0.4, -0.2) is 9.97 Å². The van der Waals surface area contributed by atoms with E-state index in [1.54, 1.807) is 11.3 Å². The van der Waals surface area contributed by atoms with Crippen LogP contribution in [0.25, 0.3) is 21.6 Å². The molecule has 0 saturated heterocycles. The fourth-order valence-corrected chi connectivity index (χ4v) is 3.54. The van der Waals surface area contributed by atoms with Gasteiger partial charge in [0.05, 0.1) is 5.39 Å². The zero-order valence-electron chi connectivity index (χ0n) is 11.0. The van der Waals surface area contributed by atoms with Crippen LogP contribution in [0.15, 0.2) is 24.3 Å². The van der Waals surface area contributed by atoms with Gasteiger partial charge in [-0.25, -0.2) is 9.97 Å². The number of rotatable bonds is 1. The zero-order chi connectivity index (χ0) is 13.6. The largest absolute Gasteiger partial charge is 0.217 e. The molecule has 0 amide bonds. The van der Waals surface area contributed by atoms with Gasteiger partial charge in [0.15, 0.2) is 5.82 Å². The Hall–Kier alpha value is -1.45. The molecule has 2 heterocycles. The SMILES string of the molecule is Cc1ccccc1-c1nc(Cl)c2c(C)c(C)sc2n1. The van der Waals surface area contributed by atoms with Gasteiger partial charge in [-0.3, -0.25) is 0 Å². The number of thiophene rings is 1. The van der Waals surface area contributed by atoms with Crippen molar-refractivity contribution >= 4 is 33.2 Å². The highest BCUT2D eigenvalue weighted by Gasteiger charge is 2.14. The third-order valence-electron chi connectivity index (χ3n) is 3.37. The molecule has 0 aliphatic heterocycles. The Morgan fingerprint density at radius 2 is 1.79 bits per heavy atom. The first kappa shape index (κ1) is 12.6. The van der Waals surface area contributed by atoms with Crippen molar-refractivity contribution in [2.45, 2.75) is 20.8 Å². The summed E-state index contributed by atoms with van der Waals surface area (Å²) < 4.78 is 0. The molecule has 2 aromatic heterocycles. The first-order chi connectivity index (χ1) is 9.08. The van der Waals surface area contributed by atoms with Crippen LogP contribution in [0.3, 0.4) is 0 Å². The lowest BCUT2D eigenvalue weighted by Crippen LogP contribution is -1.92. The summed E-state index contributed by atoms with van der Waals surface area (Å²) >= 11 is 8.01. The quantitative estimate of drug-likeness (QED) is 0.593. The Kier molecular flexibility index (Phi) is 3.03. The third kappa shape index (κ3) is 2.03. The van der Waals surface area contributed by atoms with Gasteiger partial charge in [-0.05, 0) is 31.9 Å². The molecule has 19 heavy (non-hydrogen) atoms. The van der Waals surface area contributed by atoms with Gasteiger partial charge in [0.25, 0.3) is 0 Å². The number of halogens is 1. The molecule has 0 spiro atoms. The van der Waals surface area contributed by atoms with E-state index in [4.69, 9.17) is 11.6 Å². The maximum atomic E-state index is 6.34. The van der Waals surface area contributed by atoms with Crippen LogP contribution >= 0.6 is 22.9 Å². The third-order valence-corrected chi connectivity index (χ3v) is 4.75. The van der Waals surface area contributed by atoms with E-state index in [1.165, 1.54) is 10.4 Å². The first-order valence-corrected chi connectivity index (χ1v) is 7.26. The van der Waals surface area contributed by atoms with Gasteiger partial charge < -0.3 is 0 Å². The summed E-state index contributed by atoms with van der Waals surface area (Å²) in [5, 5.41) is 1.53. The van der Waals surface area contributed by atoms with Crippen molar-refractivity contribution in [1.29, 1.82) is 0 Å². The molecule has 96 valence electrons. The van der Waals surface area contributed by atoms with Crippen LogP contribution in [0.2, 0.25) is 5.15 Å². The Morgan fingerprint density at radius 3 is 2.53 bits per heavy atom. The molecule has 0 N–H and O–H groups in total. The van der Waals surface area contributed by atoms with E-state index in [-0.39, 0.29) is 0 Å². The standard InChI is InChI=1S/C15H13ClN2S/c1-8-6-4-5-7-11(8)14-17-13(16)12-9(2)10(3)19-15(12)18-14/h4-7H,1-3H3. The Morgan fingerprint density at radius 1 is 1.05 bits per heavy atom. The minimum atomic E-state index is 0.546. The van der Waals surface area contributed by atoms with E-state index in [9.17, 15) is 0 Å². The summed E-state index contributed by atoms with van der Waals surface area (Å²) in [6, 6.07) is 8.09. The molecule has 2 nitrogen and oxygen atoms in total. The van der Waals surface area contributed by atoms with E-state index in [0.29, 0.717) is 11.0 Å². The van der Waals surface area contributed by atoms with Crippen LogP contribution in [0, 0.1) is 20.8 Å². The smallest absolute Gasteiger partial charge is 0.162 e. The predicted octanol–water partition coefficient (Wildman–Crippen LogP) is 4.94. The summed E-state index contributed by atoms with van der Waals surface area (Å²) in [7, 11) is 0. The van der Waals surface area contributed by atoms with E-state index in [1.807, 2.05) is 18.2 Å². The van der Waals surface area contributed by atoms with Crippen LogP contribution in [-0.2, 0) is 0 Å². The van der Waals surface area contributed by atoms with Gasteiger partial charge in [0.2, 0.25) is 0 Å². The minimum Gasteiger partial charge on any atom is -0.217 e. The average molecular weight is 289 g/mol. The average Bonchev–Trinajstić information content (AvgIpc) is 2.66. The van der Waals surface area contributed by atoms with Crippen LogP contribution < -0.4 is 0 Å². The highest BCUT2D eigenvalue weighted by molar-refractivity contribution is 7.18. The number of hydrogen-bond acceptors (Lipinski definition) is 3. The topological polar surface area (TPSA) is 25.8 Å². The molecular formula is C15H13ClN2S. The Balaban J connectivity index is 2.30. The molecular weight excluding hydrogens is 276 g/mol. The van der Waals surface area contributed by atoms with E-state index < -0.39 is 0 Å². The second kappa shape index (κ2) is 4.58. The van der Waals surface area contributed by atoms with Crippen molar-refractivity contribution in [3.8, 4) is 11.4 Å². The maximum Gasteiger partial charge on any atom is 0.162 e. The van der Waals surface area contributed by atoms with Crippen LogP contribution in [0.5, 0.6) is 0 Å². The Labute approximate surface area is 121 Å². The highest BCUT2D eigenvalue weighted by Crippen LogP contribution is 2.34. The summed E-state index contributed by atoms with van der Waals surface area (Å²) in [5.74, 6) is 0.705. The predicted molar refractivity (Wildman–Crippen MR) is 82.1 cm³/mol. The second-order valence-corrected chi connectivity index (χ2v) is 6.18. The molecule has 0 radical (unpaired) electrons. The van der Waals surface area contributed by atoms with Crippen molar-refractivity contribution in [1.82, 2.24) is 9.97 Å². The van der Waals surface area contributed by atoms with Crippen molar-refractivity contribution in [2.75, 3.05) is 0 Å². The molecule has 3 rings (SSSR count). The summed E-state index contributed by atoms with van der Waals surface area (Å²) in [6.07, 6.45) is 0. The number of aromatic nitrogens is 2. The second-order valence-electron chi connectivity index (χ2n) is 4.62. The van der Waals surface area contributed by atoms with E-state index in [0.717, 1.165) is 21.3 Å². The minimum absolute atomic E-state index is 0.546. The lowest BCUT2D eigenvalue weighted by molar-refractivity contribution is 1.22. The summed E-state index contributed by atoms with van der Waals surface area (Å²) in [5.41, 5.74) is 3.37. The van der Waals surface area contributed by atoms with Crippen LogP contribution in [0.1, 0.15) is 16.0 Å². The van der Waals surface area contributed by atoms with Gasteiger partial charge in [-0.2, -0.15) is 0 Å². The molecule has 0 unspecified atom stereocenters. The van der Waals surface area contributed by atoms with E-state index >= 15 is 0 Å². The van der Waals surface area contributed by atoms with Crippen molar-refractivity contribution in [2.24, 2.45) is 0 Å². The van der Waals surface area contributed by atoms with E-state index in [2.05, 4.69) is 36.8 Å². The fourth-order valence-electron chi connectivity index (χ4n) is 2.15. The normalized spacial score (nSPS) is 11.2. The summed E-state index contributed by atoms with van der Waals surface area (Å²) in [6.45, 7) is 6.21. The molecule has 0 aliphatic carbocycles. The highest BCUT2D eigenvalue weighted by atomic mass is 35.5. The van der Waals surface area contributed by atoms with Gasteiger partial charge in [0.1, 0.15) is 9.98 Å². The van der Waals surface area contributed by atoms with Gasteiger partial charge >= 0.3 is 0 Å². The zero-order valence-corrected chi connectivity index (χ0v) is 12.6. The number of nitrogens with zero attached hydrogens (tertiary/aromatic N) is 2. The van der Waals surface area contributed by atoms with Gasteiger partial charge in [0, 0.05) is 10.4 Å². The van der Waals surface area contributed by atoms with Gasteiger partial charge in [-0.1, -0.05) is 35.9 Å².